The zero-order valence-electron chi connectivity index (χ0n) is 10.5. The van der Waals surface area contributed by atoms with Crippen molar-refractivity contribution in [3.05, 3.63) is 0 Å². The minimum atomic E-state index is -0.608. The molecule has 100 valence electrons. The minimum Gasteiger partial charge on any atom is -0.466 e. The standard InChI is InChI=1S/C12H23NO3S/c1-2-16-11(14)10-3-5-12(15,6-4-10)9-17-8-7-13/h10,15H,2-9,13H2,1H3. The summed E-state index contributed by atoms with van der Waals surface area (Å²) >= 11 is 1.69. The van der Waals surface area contributed by atoms with E-state index in [0.29, 0.717) is 26.0 Å². The summed E-state index contributed by atoms with van der Waals surface area (Å²) in [7, 11) is 0. The van der Waals surface area contributed by atoms with Crippen molar-refractivity contribution in [3.8, 4) is 0 Å². The van der Waals surface area contributed by atoms with Gasteiger partial charge in [0.25, 0.3) is 0 Å². The highest BCUT2D eigenvalue weighted by molar-refractivity contribution is 7.99. The van der Waals surface area contributed by atoms with Crippen LogP contribution >= 0.6 is 11.8 Å². The van der Waals surface area contributed by atoms with Crippen LogP contribution in [0.5, 0.6) is 0 Å². The van der Waals surface area contributed by atoms with Gasteiger partial charge >= 0.3 is 5.97 Å². The quantitative estimate of drug-likeness (QED) is 0.554. The third kappa shape index (κ3) is 4.85. The Balaban J connectivity index is 2.31. The van der Waals surface area contributed by atoms with E-state index >= 15 is 0 Å². The van der Waals surface area contributed by atoms with Crippen LogP contribution in [0.25, 0.3) is 0 Å². The van der Waals surface area contributed by atoms with E-state index in [1.54, 1.807) is 11.8 Å². The Bertz CT molecular complexity index is 240. The number of hydrogen-bond donors (Lipinski definition) is 2. The number of ether oxygens (including phenoxy) is 1. The molecule has 0 radical (unpaired) electrons. The van der Waals surface area contributed by atoms with Crippen LogP contribution in [-0.4, -0.2) is 41.3 Å². The Morgan fingerprint density at radius 2 is 2.18 bits per heavy atom. The molecule has 0 bridgehead atoms. The lowest BCUT2D eigenvalue weighted by molar-refractivity contribution is -0.150. The molecule has 1 aliphatic rings. The van der Waals surface area contributed by atoms with E-state index in [9.17, 15) is 9.90 Å². The van der Waals surface area contributed by atoms with Crippen LogP contribution in [0, 0.1) is 5.92 Å². The van der Waals surface area contributed by atoms with Crippen LogP contribution in [0.15, 0.2) is 0 Å². The van der Waals surface area contributed by atoms with E-state index in [-0.39, 0.29) is 11.9 Å². The van der Waals surface area contributed by atoms with Crippen molar-refractivity contribution in [2.45, 2.75) is 38.2 Å². The molecule has 1 saturated carbocycles. The smallest absolute Gasteiger partial charge is 0.308 e. The fraction of sp³-hybridized carbons (Fsp3) is 0.917. The summed E-state index contributed by atoms with van der Waals surface area (Å²) in [6.45, 7) is 2.90. The molecular formula is C12H23NO3S. The normalized spacial score (nSPS) is 29.0. The van der Waals surface area contributed by atoms with E-state index < -0.39 is 5.60 Å². The van der Waals surface area contributed by atoms with E-state index in [1.807, 2.05) is 6.92 Å². The summed E-state index contributed by atoms with van der Waals surface area (Å²) < 4.78 is 5.01. The Hall–Kier alpha value is -0.260. The summed E-state index contributed by atoms with van der Waals surface area (Å²) in [5.41, 5.74) is 4.81. The molecule has 0 atom stereocenters. The number of thioether (sulfide) groups is 1. The molecule has 17 heavy (non-hydrogen) atoms. The summed E-state index contributed by atoms with van der Waals surface area (Å²) in [5, 5.41) is 10.3. The van der Waals surface area contributed by atoms with Gasteiger partial charge < -0.3 is 15.6 Å². The average Bonchev–Trinajstić information content (AvgIpc) is 2.30. The summed E-state index contributed by atoms with van der Waals surface area (Å²) in [6.07, 6.45) is 2.85. The SMILES string of the molecule is CCOC(=O)C1CCC(O)(CSCCN)CC1. The zero-order valence-corrected chi connectivity index (χ0v) is 11.3. The van der Waals surface area contributed by atoms with Crippen LogP contribution in [0.2, 0.25) is 0 Å². The Morgan fingerprint density at radius 1 is 1.53 bits per heavy atom. The van der Waals surface area contributed by atoms with Gasteiger partial charge in [0.15, 0.2) is 0 Å². The van der Waals surface area contributed by atoms with E-state index in [1.165, 1.54) is 0 Å². The zero-order chi connectivity index (χ0) is 12.7. The second-order valence-corrected chi connectivity index (χ2v) is 5.70. The van der Waals surface area contributed by atoms with Crippen LogP contribution in [0.1, 0.15) is 32.6 Å². The molecule has 0 aromatic rings. The molecule has 0 saturated heterocycles. The second-order valence-electron chi connectivity index (χ2n) is 4.59. The number of aliphatic hydroxyl groups is 1. The van der Waals surface area contributed by atoms with Crippen LogP contribution in [0.3, 0.4) is 0 Å². The van der Waals surface area contributed by atoms with Crippen molar-refractivity contribution in [1.29, 1.82) is 0 Å². The first kappa shape index (κ1) is 14.8. The van der Waals surface area contributed by atoms with Gasteiger partial charge in [0.2, 0.25) is 0 Å². The molecule has 1 fully saturated rings. The van der Waals surface area contributed by atoms with Gasteiger partial charge in [-0.1, -0.05) is 0 Å². The molecule has 0 amide bonds. The first-order chi connectivity index (χ1) is 8.11. The van der Waals surface area contributed by atoms with E-state index in [4.69, 9.17) is 10.5 Å². The highest BCUT2D eigenvalue weighted by Gasteiger charge is 2.36. The fourth-order valence-electron chi connectivity index (χ4n) is 2.14. The largest absolute Gasteiger partial charge is 0.466 e. The highest BCUT2D eigenvalue weighted by atomic mass is 32.2. The molecular weight excluding hydrogens is 238 g/mol. The number of hydrogen-bond acceptors (Lipinski definition) is 5. The second kappa shape index (κ2) is 7.24. The van der Waals surface area contributed by atoms with Crippen molar-refractivity contribution in [3.63, 3.8) is 0 Å². The molecule has 0 aliphatic heterocycles. The summed E-state index contributed by atoms with van der Waals surface area (Å²) in [5.74, 6) is 1.47. The minimum absolute atomic E-state index is 0.0188. The Morgan fingerprint density at radius 3 is 2.71 bits per heavy atom. The number of esters is 1. The van der Waals surface area contributed by atoms with Gasteiger partial charge in [0.05, 0.1) is 18.1 Å². The predicted molar refractivity (Wildman–Crippen MR) is 69.9 cm³/mol. The number of carbonyl (C=O) groups is 1. The van der Waals surface area contributed by atoms with E-state index in [0.717, 1.165) is 24.3 Å². The van der Waals surface area contributed by atoms with Gasteiger partial charge in [-0.3, -0.25) is 4.79 Å². The van der Waals surface area contributed by atoms with Gasteiger partial charge in [0.1, 0.15) is 0 Å². The maximum absolute atomic E-state index is 11.5. The molecule has 5 heteroatoms. The predicted octanol–water partition coefficient (Wildman–Crippen LogP) is 1.16. The lowest BCUT2D eigenvalue weighted by Gasteiger charge is -2.34. The van der Waals surface area contributed by atoms with Gasteiger partial charge in [0, 0.05) is 18.1 Å². The molecule has 0 spiro atoms. The van der Waals surface area contributed by atoms with Crippen LogP contribution < -0.4 is 5.73 Å². The number of carbonyl (C=O) groups excluding carboxylic acids is 1. The van der Waals surface area contributed by atoms with Crippen molar-refractivity contribution < 1.29 is 14.6 Å². The highest BCUT2D eigenvalue weighted by Crippen LogP contribution is 2.34. The van der Waals surface area contributed by atoms with Crippen LogP contribution in [-0.2, 0) is 9.53 Å². The monoisotopic (exact) mass is 261 g/mol. The third-order valence-electron chi connectivity index (χ3n) is 3.17. The first-order valence-electron chi connectivity index (χ1n) is 6.28. The topological polar surface area (TPSA) is 72.5 Å². The molecule has 0 aromatic heterocycles. The van der Waals surface area contributed by atoms with Gasteiger partial charge in [-0.15, -0.1) is 0 Å². The Kier molecular flexibility index (Phi) is 6.30. The molecule has 0 aromatic carbocycles. The molecule has 1 rings (SSSR count). The van der Waals surface area contributed by atoms with Crippen molar-refractivity contribution >= 4 is 17.7 Å². The van der Waals surface area contributed by atoms with Gasteiger partial charge in [-0.2, -0.15) is 11.8 Å². The molecule has 3 N–H and O–H groups in total. The Labute approximate surface area is 107 Å². The van der Waals surface area contributed by atoms with Crippen LogP contribution in [0.4, 0.5) is 0 Å². The summed E-state index contributed by atoms with van der Waals surface area (Å²) in [4.78, 5) is 11.5. The molecule has 4 nitrogen and oxygen atoms in total. The molecule has 0 unspecified atom stereocenters. The first-order valence-corrected chi connectivity index (χ1v) is 7.43. The van der Waals surface area contributed by atoms with E-state index in [2.05, 4.69) is 0 Å². The summed E-state index contributed by atoms with van der Waals surface area (Å²) in [6, 6.07) is 0. The fourth-order valence-corrected chi connectivity index (χ4v) is 3.12. The maximum atomic E-state index is 11.5. The lowest BCUT2D eigenvalue weighted by Crippen LogP contribution is -2.38. The van der Waals surface area contributed by atoms with Gasteiger partial charge in [-0.05, 0) is 32.6 Å². The molecule has 0 heterocycles. The van der Waals surface area contributed by atoms with Crippen molar-refractivity contribution in [2.75, 3.05) is 24.7 Å². The van der Waals surface area contributed by atoms with Crippen molar-refractivity contribution in [2.24, 2.45) is 11.7 Å². The maximum Gasteiger partial charge on any atom is 0.308 e. The lowest BCUT2D eigenvalue weighted by atomic mass is 9.80. The molecule has 1 aliphatic carbocycles. The third-order valence-corrected chi connectivity index (χ3v) is 4.44. The number of rotatable bonds is 6. The average molecular weight is 261 g/mol. The number of nitrogens with two attached hydrogens (primary N) is 1. The van der Waals surface area contributed by atoms with Gasteiger partial charge in [-0.25, -0.2) is 0 Å². The van der Waals surface area contributed by atoms with Crippen molar-refractivity contribution in [1.82, 2.24) is 0 Å².